The van der Waals surface area contributed by atoms with Gasteiger partial charge in [-0.1, -0.05) is 39.0 Å². The predicted octanol–water partition coefficient (Wildman–Crippen LogP) is 3.27. The van der Waals surface area contributed by atoms with Gasteiger partial charge in [-0.2, -0.15) is 0 Å². The predicted molar refractivity (Wildman–Crippen MR) is 53.1 cm³/mol. The highest BCUT2D eigenvalue weighted by atomic mass is 16.1. The van der Waals surface area contributed by atoms with Gasteiger partial charge in [0.15, 0.2) is 5.78 Å². The van der Waals surface area contributed by atoms with Crippen LogP contribution in [0.1, 0.15) is 40.0 Å². The van der Waals surface area contributed by atoms with Crippen LogP contribution in [0.2, 0.25) is 0 Å². The largest absolute Gasteiger partial charge is 0.294 e. The molecule has 12 heavy (non-hydrogen) atoms. The van der Waals surface area contributed by atoms with E-state index in [0.29, 0.717) is 6.42 Å². The van der Waals surface area contributed by atoms with Gasteiger partial charge in [-0.25, -0.2) is 0 Å². The van der Waals surface area contributed by atoms with Gasteiger partial charge >= 0.3 is 0 Å². The molecular formula is C11H18O. The summed E-state index contributed by atoms with van der Waals surface area (Å²) in [5.74, 6) is 0.260. The van der Waals surface area contributed by atoms with Crippen molar-refractivity contribution in [3.63, 3.8) is 0 Å². The first-order chi connectivity index (χ1) is 5.84. The van der Waals surface area contributed by atoms with Crippen LogP contribution in [0.5, 0.6) is 0 Å². The number of rotatable bonds is 2. The molecule has 1 rings (SSSR count). The number of hydrogen-bond donors (Lipinski definition) is 0. The zero-order chi connectivity index (χ0) is 9.40. The van der Waals surface area contributed by atoms with Gasteiger partial charge in [0.2, 0.25) is 0 Å². The molecule has 0 aromatic rings. The Hall–Kier alpha value is -0.850. The topological polar surface area (TPSA) is 17.1 Å². The van der Waals surface area contributed by atoms with Gasteiger partial charge in [0.05, 0.1) is 0 Å². The summed E-state index contributed by atoms with van der Waals surface area (Å²) in [6.45, 7) is 5.89. The Bertz CT molecular complexity index is 187. The van der Waals surface area contributed by atoms with Crippen LogP contribution in [0.3, 0.4) is 0 Å². The van der Waals surface area contributed by atoms with Crippen LogP contribution in [0.4, 0.5) is 0 Å². The zero-order valence-corrected chi connectivity index (χ0v) is 8.26. The number of allylic oxidation sites excluding steroid dienone is 4. The molecule has 0 fully saturated rings. The highest BCUT2D eigenvalue weighted by Gasteiger charge is 2.04. The van der Waals surface area contributed by atoms with Crippen LogP contribution >= 0.6 is 0 Å². The van der Waals surface area contributed by atoms with Crippen molar-refractivity contribution in [2.24, 2.45) is 0 Å². The molecule has 68 valence electrons. The van der Waals surface area contributed by atoms with Gasteiger partial charge in [-0.3, -0.25) is 4.79 Å². The van der Waals surface area contributed by atoms with E-state index >= 15 is 0 Å². The molecule has 0 atom stereocenters. The first kappa shape index (κ1) is 11.2. The van der Waals surface area contributed by atoms with E-state index in [1.807, 2.05) is 32.9 Å². The second-order valence-electron chi connectivity index (χ2n) is 2.42. The highest BCUT2D eigenvalue weighted by Crippen LogP contribution is 2.11. The van der Waals surface area contributed by atoms with E-state index in [2.05, 4.69) is 6.08 Å². The second kappa shape index (κ2) is 6.84. The van der Waals surface area contributed by atoms with E-state index in [1.54, 1.807) is 0 Å². The summed E-state index contributed by atoms with van der Waals surface area (Å²) in [5.41, 5.74) is 0.897. The van der Waals surface area contributed by atoms with Gasteiger partial charge in [0, 0.05) is 12.0 Å². The molecule has 0 saturated carbocycles. The summed E-state index contributed by atoms with van der Waals surface area (Å²) in [7, 11) is 0. The van der Waals surface area contributed by atoms with Crippen molar-refractivity contribution in [1.82, 2.24) is 0 Å². The average Bonchev–Trinajstić information content (AvgIpc) is 2.21. The van der Waals surface area contributed by atoms with Crippen molar-refractivity contribution in [2.75, 3.05) is 0 Å². The molecule has 0 aliphatic heterocycles. The maximum Gasteiger partial charge on any atom is 0.162 e. The van der Waals surface area contributed by atoms with Crippen molar-refractivity contribution in [3.05, 3.63) is 23.8 Å². The van der Waals surface area contributed by atoms with Gasteiger partial charge < -0.3 is 0 Å². The lowest BCUT2D eigenvalue weighted by atomic mass is 10.0. The summed E-state index contributed by atoms with van der Waals surface area (Å²) in [6.07, 6.45) is 8.73. The smallest absolute Gasteiger partial charge is 0.162 e. The first-order valence-corrected chi connectivity index (χ1v) is 4.74. The Morgan fingerprint density at radius 2 is 2.08 bits per heavy atom. The Morgan fingerprint density at radius 3 is 2.50 bits per heavy atom. The lowest BCUT2D eigenvalue weighted by Gasteiger charge is -2.02. The van der Waals surface area contributed by atoms with E-state index in [4.69, 9.17) is 0 Å². The quantitative estimate of drug-likeness (QED) is 0.615. The molecule has 0 aromatic heterocycles. The van der Waals surface area contributed by atoms with Gasteiger partial charge in [-0.15, -0.1) is 0 Å². The molecule has 0 N–H and O–H groups in total. The maximum absolute atomic E-state index is 11.0. The SMILES string of the molecule is CC.CCC(=O)C1=CCCC=C1. The van der Waals surface area contributed by atoms with Gasteiger partial charge in [0.1, 0.15) is 0 Å². The van der Waals surface area contributed by atoms with E-state index < -0.39 is 0 Å². The number of carbonyl (C=O) groups is 1. The minimum Gasteiger partial charge on any atom is -0.294 e. The fourth-order valence-corrected chi connectivity index (χ4v) is 1.02. The summed E-state index contributed by atoms with van der Waals surface area (Å²) >= 11 is 0. The number of carbonyl (C=O) groups excluding carboxylic acids is 1. The summed E-state index contributed by atoms with van der Waals surface area (Å²) in [6, 6.07) is 0. The Morgan fingerprint density at radius 1 is 1.42 bits per heavy atom. The Kier molecular flexibility index (Phi) is 6.35. The molecule has 0 radical (unpaired) electrons. The number of Topliss-reactive ketones (excluding diaryl/α,β-unsaturated/α-hetero) is 1. The van der Waals surface area contributed by atoms with Crippen molar-refractivity contribution >= 4 is 5.78 Å². The van der Waals surface area contributed by atoms with Gasteiger partial charge in [0.25, 0.3) is 0 Å². The number of ketones is 1. The highest BCUT2D eigenvalue weighted by molar-refractivity contribution is 5.97. The van der Waals surface area contributed by atoms with E-state index in [1.165, 1.54) is 0 Å². The van der Waals surface area contributed by atoms with E-state index in [-0.39, 0.29) is 5.78 Å². The van der Waals surface area contributed by atoms with Crippen LogP contribution in [0, 0.1) is 0 Å². The zero-order valence-electron chi connectivity index (χ0n) is 8.26. The third-order valence-corrected chi connectivity index (χ3v) is 1.64. The van der Waals surface area contributed by atoms with Crippen molar-refractivity contribution in [3.8, 4) is 0 Å². The molecule has 1 nitrogen and oxygen atoms in total. The van der Waals surface area contributed by atoms with Crippen LogP contribution < -0.4 is 0 Å². The summed E-state index contributed by atoms with van der Waals surface area (Å²) < 4.78 is 0. The minimum absolute atomic E-state index is 0.260. The summed E-state index contributed by atoms with van der Waals surface area (Å²) in [5, 5.41) is 0. The fourth-order valence-electron chi connectivity index (χ4n) is 1.02. The molecule has 1 heteroatoms. The van der Waals surface area contributed by atoms with Crippen LogP contribution in [-0.2, 0) is 4.79 Å². The van der Waals surface area contributed by atoms with Crippen molar-refractivity contribution in [1.29, 1.82) is 0 Å². The third kappa shape index (κ3) is 3.51. The minimum atomic E-state index is 0.260. The normalized spacial score (nSPS) is 14.4. The molecule has 1 aliphatic rings. The maximum atomic E-state index is 11.0. The summed E-state index contributed by atoms with van der Waals surface area (Å²) in [4.78, 5) is 11.0. The monoisotopic (exact) mass is 166 g/mol. The van der Waals surface area contributed by atoms with E-state index in [9.17, 15) is 4.79 Å². The molecule has 0 aromatic carbocycles. The Balaban J connectivity index is 0.000000561. The Labute approximate surface area is 75.2 Å². The van der Waals surface area contributed by atoms with Crippen LogP contribution in [0.25, 0.3) is 0 Å². The molecule has 0 bridgehead atoms. The fraction of sp³-hybridized carbons (Fsp3) is 0.545. The molecule has 0 amide bonds. The van der Waals surface area contributed by atoms with Gasteiger partial charge in [-0.05, 0) is 12.8 Å². The molecule has 0 unspecified atom stereocenters. The third-order valence-electron chi connectivity index (χ3n) is 1.64. The lowest BCUT2D eigenvalue weighted by Crippen LogP contribution is -1.99. The van der Waals surface area contributed by atoms with Crippen molar-refractivity contribution in [2.45, 2.75) is 40.0 Å². The first-order valence-electron chi connectivity index (χ1n) is 4.74. The van der Waals surface area contributed by atoms with Crippen molar-refractivity contribution < 1.29 is 4.79 Å². The van der Waals surface area contributed by atoms with Crippen LogP contribution in [0.15, 0.2) is 23.8 Å². The molecule has 1 aliphatic carbocycles. The number of hydrogen-bond acceptors (Lipinski definition) is 1. The lowest BCUT2D eigenvalue weighted by molar-refractivity contribution is -0.115. The molecule has 0 heterocycles. The molecular weight excluding hydrogens is 148 g/mol. The standard InChI is InChI=1S/C9H12O.C2H6/c1-2-9(10)8-6-4-3-5-7-8;1-2/h4,6-7H,2-3,5H2,1H3;1-2H3. The van der Waals surface area contributed by atoms with Crippen LogP contribution in [-0.4, -0.2) is 5.78 Å². The molecule has 0 saturated heterocycles. The van der Waals surface area contributed by atoms with E-state index in [0.717, 1.165) is 18.4 Å². The molecule has 0 spiro atoms. The second-order valence-corrected chi connectivity index (χ2v) is 2.42. The average molecular weight is 166 g/mol.